The smallest absolute Gasteiger partial charge is 0.331 e. The maximum atomic E-state index is 11.7. The Bertz CT molecular complexity index is 409. The van der Waals surface area contributed by atoms with Crippen molar-refractivity contribution in [3.05, 3.63) is 35.5 Å². The summed E-state index contributed by atoms with van der Waals surface area (Å²) in [5, 5.41) is 0. The highest BCUT2D eigenvalue weighted by Gasteiger charge is 2.30. The van der Waals surface area contributed by atoms with Crippen LogP contribution in [0.2, 0.25) is 0 Å². The molecule has 0 bridgehead atoms. The maximum absolute atomic E-state index is 11.7. The molecule has 0 saturated heterocycles. The van der Waals surface area contributed by atoms with Crippen LogP contribution in [0.15, 0.2) is 35.5 Å². The summed E-state index contributed by atoms with van der Waals surface area (Å²) in [5.74, 6) is -0.334. The first-order valence-electron chi connectivity index (χ1n) is 5.65. The van der Waals surface area contributed by atoms with E-state index in [1.165, 1.54) is 6.08 Å². The third kappa shape index (κ3) is 3.41. The van der Waals surface area contributed by atoms with E-state index in [4.69, 9.17) is 4.74 Å². The van der Waals surface area contributed by atoms with E-state index < -0.39 is 6.10 Å². The van der Waals surface area contributed by atoms with Crippen molar-refractivity contribution in [2.24, 2.45) is 0 Å². The lowest BCUT2D eigenvalue weighted by Gasteiger charge is -2.11. The van der Waals surface area contributed by atoms with E-state index >= 15 is 0 Å². The Morgan fingerprint density at radius 1 is 1.53 bits per heavy atom. The average molecular weight is 234 g/mol. The van der Waals surface area contributed by atoms with Gasteiger partial charge in [-0.15, -0.1) is 6.58 Å². The SMILES string of the molecule is C=CCC1=C(C)[C@@H](OC(=O)C=C(C)C)CC1=O. The number of carbonyl (C=O) groups is 2. The zero-order chi connectivity index (χ0) is 13.0. The van der Waals surface area contributed by atoms with Gasteiger partial charge >= 0.3 is 5.97 Å². The lowest BCUT2D eigenvalue weighted by Crippen LogP contribution is -2.16. The van der Waals surface area contributed by atoms with Crippen LogP contribution < -0.4 is 0 Å². The molecule has 1 rings (SSSR count). The number of rotatable bonds is 4. The minimum atomic E-state index is -0.402. The van der Waals surface area contributed by atoms with Gasteiger partial charge in [0.2, 0.25) is 0 Å². The molecule has 1 aliphatic carbocycles. The fraction of sp³-hybridized carbons (Fsp3) is 0.429. The van der Waals surface area contributed by atoms with E-state index in [1.54, 1.807) is 6.08 Å². The molecule has 17 heavy (non-hydrogen) atoms. The Morgan fingerprint density at radius 2 is 2.18 bits per heavy atom. The molecule has 0 unspecified atom stereocenters. The van der Waals surface area contributed by atoms with E-state index in [0.717, 1.165) is 16.7 Å². The molecule has 0 spiro atoms. The second kappa shape index (κ2) is 5.62. The molecular formula is C14H18O3. The maximum Gasteiger partial charge on any atom is 0.331 e. The second-order valence-corrected chi connectivity index (χ2v) is 4.43. The lowest BCUT2D eigenvalue weighted by atomic mass is 10.1. The van der Waals surface area contributed by atoms with Gasteiger partial charge in [0.1, 0.15) is 6.10 Å². The average Bonchev–Trinajstić information content (AvgIpc) is 2.45. The molecule has 0 aliphatic heterocycles. The highest BCUT2D eigenvalue weighted by Crippen LogP contribution is 2.28. The predicted octanol–water partition coefficient (Wildman–Crippen LogP) is 2.73. The van der Waals surface area contributed by atoms with E-state index in [9.17, 15) is 9.59 Å². The van der Waals surface area contributed by atoms with Gasteiger partial charge in [0.05, 0.1) is 6.42 Å². The van der Waals surface area contributed by atoms with Gasteiger partial charge in [-0.3, -0.25) is 4.79 Å². The normalized spacial score (nSPS) is 19.2. The number of esters is 1. The van der Waals surface area contributed by atoms with Crippen LogP contribution in [0.1, 0.15) is 33.6 Å². The second-order valence-electron chi connectivity index (χ2n) is 4.43. The molecule has 0 N–H and O–H groups in total. The first-order valence-corrected chi connectivity index (χ1v) is 5.65. The molecule has 0 aromatic rings. The summed E-state index contributed by atoms with van der Waals surface area (Å²) in [6.45, 7) is 9.10. The van der Waals surface area contributed by atoms with Crippen LogP contribution in [0.25, 0.3) is 0 Å². The van der Waals surface area contributed by atoms with Crippen LogP contribution in [-0.2, 0) is 14.3 Å². The monoisotopic (exact) mass is 234 g/mol. The first-order chi connectivity index (χ1) is 7.95. The van der Waals surface area contributed by atoms with Gasteiger partial charge in [-0.1, -0.05) is 11.6 Å². The highest BCUT2D eigenvalue weighted by molar-refractivity contribution is 6.00. The molecule has 3 heteroatoms. The van der Waals surface area contributed by atoms with E-state index in [2.05, 4.69) is 6.58 Å². The molecular weight excluding hydrogens is 216 g/mol. The summed E-state index contributed by atoms with van der Waals surface area (Å²) in [6, 6.07) is 0. The van der Waals surface area contributed by atoms with Gasteiger partial charge in [0, 0.05) is 11.6 Å². The topological polar surface area (TPSA) is 43.4 Å². The summed E-state index contributed by atoms with van der Waals surface area (Å²) in [5.41, 5.74) is 2.47. The summed E-state index contributed by atoms with van der Waals surface area (Å²) >= 11 is 0. The molecule has 0 amide bonds. The molecule has 0 saturated carbocycles. The minimum Gasteiger partial charge on any atom is -0.454 e. The van der Waals surface area contributed by atoms with Crippen molar-refractivity contribution < 1.29 is 14.3 Å². The Hall–Kier alpha value is -1.64. The molecule has 0 radical (unpaired) electrons. The lowest BCUT2D eigenvalue weighted by molar-refractivity contribution is -0.141. The van der Waals surface area contributed by atoms with E-state index in [-0.39, 0.29) is 18.2 Å². The molecule has 3 nitrogen and oxygen atoms in total. The fourth-order valence-electron chi connectivity index (χ4n) is 1.82. The van der Waals surface area contributed by atoms with Gasteiger partial charge < -0.3 is 4.74 Å². The van der Waals surface area contributed by atoms with Crippen molar-refractivity contribution in [3.63, 3.8) is 0 Å². The number of allylic oxidation sites excluding steroid dienone is 3. The third-order valence-electron chi connectivity index (χ3n) is 2.68. The molecule has 1 atom stereocenters. The van der Waals surface area contributed by atoms with Gasteiger partial charge in [0.25, 0.3) is 0 Å². The number of carbonyl (C=O) groups excluding carboxylic acids is 2. The molecule has 0 aromatic heterocycles. The van der Waals surface area contributed by atoms with Crippen LogP contribution in [0, 0.1) is 0 Å². The third-order valence-corrected chi connectivity index (χ3v) is 2.68. The predicted molar refractivity (Wildman–Crippen MR) is 66.4 cm³/mol. The van der Waals surface area contributed by atoms with Gasteiger partial charge in [-0.2, -0.15) is 0 Å². The van der Waals surface area contributed by atoms with Crippen molar-refractivity contribution in [2.75, 3.05) is 0 Å². The molecule has 0 heterocycles. The fourth-order valence-corrected chi connectivity index (χ4v) is 1.82. The molecule has 0 fully saturated rings. The number of hydrogen-bond acceptors (Lipinski definition) is 3. The number of ether oxygens (including phenoxy) is 1. The molecule has 92 valence electrons. The Kier molecular flexibility index (Phi) is 4.44. The minimum absolute atomic E-state index is 0.0531. The molecule has 0 aromatic carbocycles. The summed E-state index contributed by atoms with van der Waals surface area (Å²) in [6.07, 6.45) is 3.53. The number of Topliss-reactive ketones (excluding diaryl/α,β-unsaturated/α-hetero) is 1. The van der Waals surface area contributed by atoms with Crippen LogP contribution in [0.3, 0.4) is 0 Å². The summed E-state index contributed by atoms with van der Waals surface area (Å²) < 4.78 is 5.25. The Labute approximate surface area is 102 Å². The molecule has 1 aliphatic rings. The van der Waals surface area contributed by atoms with Gasteiger partial charge in [-0.25, -0.2) is 4.79 Å². The van der Waals surface area contributed by atoms with Crippen LogP contribution in [-0.4, -0.2) is 17.9 Å². The largest absolute Gasteiger partial charge is 0.454 e. The van der Waals surface area contributed by atoms with E-state index in [0.29, 0.717) is 6.42 Å². The number of ketones is 1. The highest BCUT2D eigenvalue weighted by atomic mass is 16.5. The quantitative estimate of drug-likeness (QED) is 0.427. The van der Waals surface area contributed by atoms with Gasteiger partial charge in [-0.05, 0) is 32.8 Å². The van der Waals surface area contributed by atoms with Crippen molar-refractivity contribution in [1.29, 1.82) is 0 Å². The standard InChI is InChI=1S/C14H18O3/c1-5-6-11-10(4)13(8-12(11)15)17-14(16)7-9(2)3/h5,7,13H,1,6,8H2,2-4H3/t13-/m0/s1. The van der Waals surface area contributed by atoms with Crippen molar-refractivity contribution in [3.8, 4) is 0 Å². The van der Waals surface area contributed by atoms with Crippen molar-refractivity contribution in [1.82, 2.24) is 0 Å². The van der Waals surface area contributed by atoms with Crippen molar-refractivity contribution in [2.45, 2.75) is 39.7 Å². The van der Waals surface area contributed by atoms with Gasteiger partial charge in [0.15, 0.2) is 5.78 Å². The zero-order valence-electron chi connectivity index (χ0n) is 10.6. The number of hydrogen-bond donors (Lipinski definition) is 0. The Balaban J connectivity index is 2.76. The van der Waals surface area contributed by atoms with Crippen LogP contribution in [0.4, 0.5) is 0 Å². The zero-order valence-corrected chi connectivity index (χ0v) is 10.6. The summed E-state index contributed by atoms with van der Waals surface area (Å²) in [4.78, 5) is 23.1. The van der Waals surface area contributed by atoms with Crippen molar-refractivity contribution >= 4 is 11.8 Å². The van der Waals surface area contributed by atoms with Crippen LogP contribution in [0.5, 0.6) is 0 Å². The van der Waals surface area contributed by atoms with Crippen LogP contribution >= 0.6 is 0 Å². The van der Waals surface area contributed by atoms with E-state index in [1.807, 2.05) is 20.8 Å². The Morgan fingerprint density at radius 3 is 2.71 bits per heavy atom. The first kappa shape index (κ1) is 13.4. The summed E-state index contributed by atoms with van der Waals surface area (Å²) in [7, 11) is 0.